The molecule has 24 heavy (non-hydrogen) atoms. The van der Waals surface area contributed by atoms with Crippen molar-refractivity contribution >= 4 is 28.2 Å². The highest BCUT2D eigenvalue weighted by molar-refractivity contribution is 5.99. The number of aromatic nitrogens is 1. The van der Waals surface area contributed by atoms with E-state index < -0.39 is 5.97 Å². The van der Waals surface area contributed by atoms with Crippen molar-refractivity contribution in [3.8, 4) is 5.75 Å². The molecule has 0 spiro atoms. The number of methoxy groups -OCH3 is 1. The van der Waals surface area contributed by atoms with Crippen molar-refractivity contribution in [2.45, 2.75) is 13.8 Å². The Balaban J connectivity index is 2.10. The molecule has 0 aliphatic rings. The quantitative estimate of drug-likeness (QED) is 0.749. The summed E-state index contributed by atoms with van der Waals surface area (Å²) in [6.07, 6.45) is 0. The van der Waals surface area contributed by atoms with Crippen LogP contribution in [0.5, 0.6) is 5.75 Å². The molecule has 0 unspecified atom stereocenters. The number of aromatic carboxylic acids is 1. The summed E-state index contributed by atoms with van der Waals surface area (Å²) >= 11 is 0. The number of nitrogens with zero attached hydrogens (tertiary/aromatic N) is 1. The molecule has 0 radical (unpaired) electrons. The lowest BCUT2D eigenvalue weighted by molar-refractivity contribution is 0.0697. The van der Waals surface area contributed by atoms with Gasteiger partial charge in [0.05, 0.1) is 18.4 Å². The molecule has 0 saturated carbocycles. The third kappa shape index (κ3) is 2.88. The van der Waals surface area contributed by atoms with Crippen LogP contribution >= 0.6 is 0 Å². The van der Waals surface area contributed by atoms with Gasteiger partial charge in [-0.05, 0) is 55.8 Å². The second-order valence-corrected chi connectivity index (χ2v) is 5.63. The largest absolute Gasteiger partial charge is 0.494 e. The monoisotopic (exact) mass is 322 g/mol. The Morgan fingerprint density at radius 2 is 1.83 bits per heavy atom. The van der Waals surface area contributed by atoms with Gasteiger partial charge in [0, 0.05) is 16.8 Å². The molecule has 3 aromatic rings. The van der Waals surface area contributed by atoms with Crippen molar-refractivity contribution in [2.75, 3.05) is 12.4 Å². The zero-order chi connectivity index (χ0) is 17.3. The molecule has 1 heterocycles. The van der Waals surface area contributed by atoms with E-state index in [2.05, 4.69) is 10.3 Å². The molecular formula is C19H18N2O3. The van der Waals surface area contributed by atoms with Crippen molar-refractivity contribution in [3.05, 3.63) is 59.3 Å². The predicted octanol–water partition coefficient (Wildman–Crippen LogP) is 4.30. The number of aryl methyl sites for hydroxylation is 2. The van der Waals surface area contributed by atoms with Gasteiger partial charge in [0.15, 0.2) is 0 Å². The molecule has 3 rings (SSSR count). The summed E-state index contributed by atoms with van der Waals surface area (Å²) in [5, 5.41) is 13.3. The smallest absolute Gasteiger partial charge is 0.335 e. The topological polar surface area (TPSA) is 71.5 Å². The molecule has 0 aliphatic heterocycles. The molecule has 0 amide bonds. The summed E-state index contributed by atoms with van der Waals surface area (Å²) in [5.41, 5.74) is 4.75. The Kier molecular flexibility index (Phi) is 4.08. The first-order chi connectivity index (χ1) is 11.5. The summed E-state index contributed by atoms with van der Waals surface area (Å²) < 4.78 is 5.43. The molecule has 122 valence electrons. The number of hydrogen-bond acceptors (Lipinski definition) is 4. The highest BCUT2D eigenvalue weighted by Crippen LogP contribution is 2.34. The first kappa shape index (κ1) is 15.8. The fourth-order valence-corrected chi connectivity index (χ4v) is 2.73. The molecular weight excluding hydrogens is 304 g/mol. The van der Waals surface area contributed by atoms with Crippen LogP contribution in [-0.4, -0.2) is 23.2 Å². The Bertz CT molecular complexity index is 918. The molecule has 5 heteroatoms. The van der Waals surface area contributed by atoms with Gasteiger partial charge in [0.2, 0.25) is 0 Å². The first-order valence-electron chi connectivity index (χ1n) is 7.55. The SMILES string of the molecule is COc1ccc(C)c2c(Nc3ccc(C(=O)O)cc3)cc(C)nc12. The van der Waals surface area contributed by atoms with Crippen LogP contribution in [0.4, 0.5) is 11.4 Å². The van der Waals surface area contributed by atoms with E-state index in [-0.39, 0.29) is 5.56 Å². The molecule has 2 aromatic carbocycles. The fourth-order valence-electron chi connectivity index (χ4n) is 2.73. The van der Waals surface area contributed by atoms with E-state index in [1.807, 2.05) is 32.0 Å². The number of carboxylic acids is 1. The van der Waals surface area contributed by atoms with Gasteiger partial charge < -0.3 is 15.2 Å². The highest BCUT2D eigenvalue weighted by Gasteiger charge is 2.12. The number of nitrogens with one attached hydrogen (secondary N) is 1. The van der Waals surface area contributed by atoms with Crippen molar-refractivity contribution < 1.29 is 14.6 Å². The number of rotatable bonds is 4. The highest BCUT2D eigenvalue weighted by atomic mass is 16.5. The summed E-state index contributed by atoms with van der Waals surface area (Å²) in [5.74, 6) is -0.212. The lowest BCUT2D eigenvalue weighted by Gasteiger charge is -2.15. The van der Waals surface area contributed by atoms with Crippen LogP contribution in [0.15, 0.2) is 42.5 Å². The molecule has 0 saturated heterocycles. The maximum Gasteiger partial charge on any atom is 0.335 e. The molecule has 0 bridgehead atoms. The molecule has 1 aromatic heterocycles. The van der Waals surface area contributed by atoms with Crippen molar-refractivity contribution in [3.63, 3.8) is 0 Å². The number of ether oxygens (including phenoxy) is 1. The normalized spacial score (nSPS) is 10.6. The van der Waals surface area contributed by atoms with E-state index in [0.717, 1.165) is 39.3 Å². The number of hydrogen-bond donors (Lipinski definition) is 2. The van der Waals surface area contributed by atoms with Gasteiger partial charge in [-0.1, -0.05) is 6.07 Å². The fraction of sp³-hybridized carbons (Fsp3) is 0.158. The Morgan fingerprint density at radius 3 is 2.46 bits per heavy atom. The minimum absolute atomic E-state index is 0.258. The van der Waals surface area contributed by atoms with Crippen LogP contribution in [0.2, 0.25) is 0 Å². The molecule has 0 aliphatic carbocycles. The summed E-state index contributed by atoms with van der Waals surface area (Å²) in [7, 11) is 1.63. The number of pyridine rings is 1. The van der Waals surface area contributed by atoms with Gasteiger partial charge in [-0.3, -0.25) is 0 Å². The zero-order valence-electron chi connectivity index (χ0n) is 13.8. The van der Waals surface area contributed by atoms with Crippen LogP contribution in [0.25, 0.3) is 10.9 Å². The van der Waals surface area contributed by atoms with Gasteiger partial charge in [0.25, 0.3) is 0 Å². The standard InChI is InChI=1S/C19H18N2O3/c1-11-4-9-16(24-3)18-17(11)15(10-12(2)20-18)21-14-7-5-13(6-8-14)19(22)23/h4-10H,1-3H3,(H,20,21)(H,22,23). The predicted molar refractivity (Wildman–Crippen MR) is 94.5 cm³/mol. The van der Waals surface area contributed by atoms with Crippen molar-refractivity contribution in [2.24, 2.45) is 0 Å². The second-order valence-electron chi connectivity index (χ2n) is 5.63. The van der Waals surface area contributed by atoms with Crippen LogP contribution in [0.3, 0.4) is 0 Å². The van der Waals surface area contributed by atoms with Crippen LogP contribution in [0.1, 0.15) is 21.6 Å². The molecule has 5 nitrogen and oxygen atoms in total. The van der Waals surface area contributed by atoms with Gasteiger partial charge in [-0.25, -0.2) is 9.78 Å². The van der Waals surface area contributed by atoms with Gasteiger partial charge in [-0.15, -0.1) is 0 Å². The minimum atomic E-state index is -0.938. The number of benzene rings is 2. The molecule has 0 fully saturated rings. The summed E-state index contributed by atoms with van der Waals surface area (Å²) in [6, 6.07) is 12.5. The number of anilines is 2. The van der Waals surface area contributed by atoms with E-state index in [1.165, 1.54) is 0 Å². The lowest BCUT2D eigenvalue weighted by atomic mass is 10.1. The first-order valence-corrected chi connectivity index (χ1v) is 7.55. The Morgan fingerprint density at radius 1 is 1.12 bits per heavy atom. The van der Waals surface area contributed by atoms with Gasteiger partial charge in [0.1, 0.15) is 11.3 Å². The summed E-state index contributed by atoms with van der Waals surface area (Å²) in [4.78, 5) is 15.6. The van der Waals surface area contributed by atoms with Crippen molar-refractivity contribution in [1.29, 1.82) is 0 Å². The second kappa shape index (κ2) is 6.20. The molecule has 2 N–H and O–H groups in total. The van der Waals surface area contributed by atoms with E-state index in [9.17, 15) is 4.79 Å². The maximum atomic E-state index is 11.0. The maximum absolute atomic E-state index is 11.0. The Labute approximate surface area is 139 Å². The number of fused-ring (bicyclic) bond motifs is 1. The minimum Gasteiger partial charge on any atom is -0.494 e. The van der Waals surface area contributed by atoms with E-state index in [1.54, 1.807) is 31.4 Å². The average Bonchev–Trinajstić information content (AvgIpc) is 2.55. The Hall–Kier alpha value is -3.08. The zero-order valence-corrected chi connectivity index (χ0v) is 13.8. The van der Waals surface area contributed by atoms with Gasteiger partial charge in [-0.2, -0.15) is 0 Å². The van der Waals surface area contributed by atoms with Crippen LogP contribution in [-0.2, 0) is 0 Å². The van der Waals surface area contributed by atoms with Crippen LogP contribution in [0, 0.1) is 13.8 Å². The third-order valence-corrected chi connectivity index (χ3v) is 3.89. The lowest BCUT2D eigenvalue weighted by Crippen LogP contribution is -1.99. The van der Waals surface area contributed by atoms with E-state index in [0.29, 0.717) is 0 Å². The van der Waals surface area contributed by atoms with Crippen molar-refractivity contribution in [1.82, 2.24) is 4.98 Å². The van der Waals surface area contributed by atoms with E-state index in [4.69, 9.17) is 9.84 Å². The van der Waals surface area contributed by atoms with Crippen LogP contribution < -0.4 is 10.1 Å². The number of carbonyl (C=O) groups is 1. The molecule has 0 atom stereocenters. The van der Waals surface area contributed by atoms with E-state index >= 15 is 0 Å². The average molecular weight is 322 g/mol. The third-order valence-electron chi connectivity index (χ3n) is 3.89. The number of carboxylic acid groups (broad SMARTS) is 1. The van der Waals surface area contributed by atoms with Gasteiger partial charge >= 0.3 is 5.97 Å². The summed E-state index contributed by atoms with van der Waals surface area (Å²) in [6.45, 7) is 3.96.